The van der Waals surface area contributed by atoms with Crippen LogP contribution in [0.25, 0.3) is 28.5 Å². The summed E-state index contributed by atoms with van der Waals surface area (Å²) in [7, 11) is 1.50. The molecular weight excluding hydrogens is 443 g/mol. The van der Waals surface area contributed by atoms with E-state index in [1.54, 1.807) is 48.5 Å². The highest BCUT2D eigenvalue weighted by atomic mass is 19.1. The van der Waals surface area contributed by atoms with Crippen LogP contribution in [0.4, 0.5) is 10.1 Å². The van der Waals surface area contributed by atoms with Gasteiger partial charge < -0.3 is 14.6 Å². The molecule has 0 unspecified atom stereocenters. The van der Waals surface area contributed by atoms with Gasteiger partial charge in [-0.05, 0) is 36.4 Å². The SMILES string of the molecule is COc1ccccc1NC(=O)Cn1nc2c(-c3nc(-c4cccc(F)c4)no3)cccn2c1=O. The second-order valence-electron chi connectivity index (χ2n) is 7.24. The summed E-state index contributed by atoms with van der Waals surface area (Å²) in [5.41, 5.74) is 1.02. The lowest BCUT2D eigenvalue weighted by Gasteiger charge is -2.09. The van der Waals surface area contributed by atoms with E-state index in [-0.39, 0.29) is 23.9 Å². The number of halogens is 1. The van der Waals surface area contributed by atoms with Crippen molar-refractivity contribution in [1.29, 1.82) is 0 Å². The molecule has 2 aromatic carbocycles. The number of nitrogens with one attached hydrogen (secondary N) is 1. The molecule has 0 aliphatic carbocycles. The predicted octanol–water partition coefficient (Wildman–Crippen LogP) is 3.00. The van der Waals surface area contributed by atoms with Crippen LogP contribution in [0.15, 0.2) is 76.2 Å². The number of hydrogen-bond donors (Lipinski definition) is 1. The molecule has 3 aromatic heterocycles. The lowest BCUT2D eigenvalue weighted by atomic mass is 10.2. The quantitative estimate of drug-likeness (QED) is 0.414. The molecule has 0 spiro atoms. The van der Waals surface area contributed by atoms with Crippen LogP contribution in [0.1, 0.15) is 0 Å². The number of carbonyl (C=O) groups excluding carboxylic acids is 1. The molecule has 5 rings (SSSR count). The molecule has 170 valence electrons. The zero-order chi connectivity index (χ0) is 23.7. The third kappa shape index (κ3) is 3.90. The van der Waals surface area contributed by atoms with Gasteiger partial charge in [-0.3, -0.25) is 4.79 Å². The Morgan fingerprint density at radius 2 is 2.00 bits per heavy atom. The third-order valence-electron chi connectivity index (χ3n) is 5.02. The summed E-state index contributed by atoms with van der Waals surface area (Å²) in [6, 6.07) is 16.0. The monoisotopic (exact) mass is 460 g/mol. The minimum absolute atomic E-state index is 0.0977. The van der Waals surface area contributed by atoms with E-state index in [1.165, 1.54) is 29.8 Å². The molecule has 0 aliphatic rings. The van der Waals surface area contributed by atoms with Gasteiger partial charge in [0, 0.05) is 11.8 Å². The summed E-state index contributed by atoms with van der Waals surface area (Å²) in [4.78, 5) is 29.7. The predicted molar refractivity (Wildman–Crippen MR) is 120 cm³/mol. The van der Waals surface area contributed by atoms with Gasteiger partial charge in [-0.2, -0.15) is 4.98 Å². The number of ether oxygens (including phenoxy) is 1. The number of rotatable bonds is 6. The van der Waals surface area contributed by atoms with Crippen molar-refractivity contribution in [3.8, 4) is 28.6 Å². The molecule has 34 heavy (non-hydrogen) atoms. The minimum atomic E-state index is -0.517. The van der Waals surface area contributed by atoms with Crippen molar-refractivity contribution in [1.82, 2.24) is 24.3 Å². The van der Waals surface area contributed by atoms with E-state index in [2.05, 4.69) is 20.6 Å². The molecule has 3 heterocycles. The highest BCUT2D eigenvalue weighted by molar-refractivity contribution is 5.92. The van der Waals surface area contributed by atoms with Crippen LogP contribution < -0.4 is 15.7 Å². The van der Waals surface area contributed by atoms with E-state index in [4.69, 9.17) is 9.26 Å². The van der Waals surface area contributed by atoms with Gasteiger partial charge in [-0.1, -0.05) is 29.4 Å². The van der Waals surface area contributed by atoms with Gasteiger partial charge >= 0.3 is 5.69 Å². The summed E-state index contributed by atoms with van der Waals surface area (Å²) >= 11 is 0. The largest absolute Gasteiger partial charge is 0.495 e. The molecule has 0 saturated heterocycles. The van der Waals surface area contributed by atoms with Crippen LogP contribution in [0, 0.1) is 5.82 Å². The van der Waals surface area contributed by atoms with Gasteiger partial charge in [-0.25, -0.2) is 18.3 Å². The topological polar surface area (TPSA) is 117 Å². The number of aromatic nitrogens is 5. The minimum Gasteiger partial charge on any atom is -0.495 e. The van der Waals surface area contributed by atoms with Crippen LogP contribution in [-0.2, 0) is 11.3 Å². The van der Waals surface area contributed by atoms with E-state index in [1.807, 2.05) is 0 Å². The second-order valence-corrected chi connectivity index (χ2v) is 7.24. The van der Waals surface area contributed by atoms with E-state index in [0.717, 1.165) is 4.68 Å². The number of methoxy groups -OCH3 is 1. The molecular formula is C23H17FN6O4. The van der Waals surface area contributed by atoms with Crippen molar-refractivity contribution >= 4 is 17.2 Å². The summed E-state index contributed by atoms with van der Waals surface area (Å²) in [5, 5.41) is 10.9. The van der Waals surface area contributed by atoms with Crippen molar-refractivity contribution < 1.29 is 18.4 Å². The number of fused-ring (bicyclic) bond motifs is 1. The van der Waals surface area contributed by atoms with Crippen LogP contribution >= 0.6 is 0 Å². The van der Waals surface area contributed by atoms with Gasteiger partial charge in [0.1, 0.15) is 18.1 Å². The van der Waals surface area contributed by atoms with Gasteiger partial charge in [0.05, 0.1) is 18.4 Å². The molecule has 1 amide bonds. The van der Waals surface area contributed by atoms with Crippen molar-refractivity contribution in [2.75, 3.05) is 12.4 Å². The molecule has 0 bridgehead atoms. The lowest BCUT2D eigenvalue weighted by Crippen LogP contribution is -2.28. The van der Waals surface area contributed by atoms with E-state index in [0.29, 0.717) is 22.6 Å². The Morgan fingerprint density at radius 1 is 1.15 bits per heavy atom. The average molecular weight is 460 g/mol. The first-order chi connectivity index (χ1) is 16.5. The first-order valence-corrected chi connectivity index (χ1v) is 10.1. The highest BCUT2D eigenvalue weighted by Gasteiger charge is 2.19. The Kier molecular flexibility index (Phi) is 5.34. The maximum atomic E-state index is 13.5. The number of anilines is 1. The van der Waals surface area contributed by atoms with E-state index >= 15 is 0 Å². The zero-order valence-electron chi connectivity index (χ0n) is 17.8. The fourth-order valence-electron chi connectivity index (χ4n) is 3.46. The molecule has 1 N–H and O–H groups in total. The van der Waals surface area contributed by atoms with Gasteiger partial charge in [0.15, 0.2) is 5.65 Å². The molecule has 0 atom stereocenters. The number of amides is 1. The zero-order valence-corrected chi connectivity index (χ0v) is 17.8. The highest BCUT2D eigenvalue weighted by Crippen LogP contribution is 2.25. The van der Waals surface area contributed by atoms with Crippen LogP contribution in [0.3, 0.4) is 0 Å². The lowest BCUT2D eigenvalue weighted by molar-refractivity contribution is -0.117. The number of para-hydroxylation sites is 2. The van der Waals surface area contributed by atoms with Crippen LogP contribution in [0.5, 0.6) is 5.75 Å². The average Bonchev–Trinajstić information content (AvgIpc) is 3.45. The fourth-order valence-corrected chi connectivity index (χ4v) is 3.46. The Balaban J connectivity index is 1.45. The molecule has 11 heteroatoms. The summed E-state index contributed by atoms with van der Waals surface area (Å²) < 4.78 is 26.4. The van der Waals surface area contributed by atoms with Crippen LogP contribution in [-0.4, -0.2) is 37.3 Å². The van der Waals surface area contributed by atoms with Crippen LogP contribution in [0.2, 0.25) is 0 Å². The van der Waals surface area contributed by atoms with Crippen molar-refractivity contribution in [2.45, 2.75) is 6.54 Å². The number of carbonyl (C=O) groups is 1. The standard InChI is InChI=1S/C23H17FN6O4/c1-33-18-10-3-2-9-17(18)25-19(31)13-30-23(32)29-11-5-8-16(21(29)27-30)22-26-20(28-34-22)14-6-4-7-15(24)12-14/h2-12H,13H2,1H3,(H,25,31). The molecule has 0 aliphatic heterocycles. The van der Waals surface area contributed by atoms with E-state index < -0.39 is 17.4 Å². The Labute approximate surface area is 191 Å². The summed E-state index contributed by atoms with van der Waals surface area (Å²) in [6.07, 6.45) is 1.52. The molecule has 0 fully saturated rings. The Bertz CT molecular complexity index is 1570. The second kappa shape index (κ2) is 8.62. The smallest absolute Gasteiger partial charge is 0.350 e. The van der Waals surface area contributed by atoms with Gasteiger partial charge in [0.25, 0.3) is 5.89 Å². The summed E-state index contributed by atoms with van der Waals surface area (Å²) in [5.74, 6) is -0.105. The molecule has 5 aromatic rings. The molecule has 0 radical (unpaired) electrons. The maximum Gasteiger partial charge on any atom is 0.350 e. The Hall–Kier alpha value is -4.80. The number of benzene rings is 2. The normalized spacial score (nSPS) is 11.0. The maximum absolute atomic E-state index is 13.5. The van der Waals surface area contributed by atoms with Crippen molar-refractivity contribution in [2.24, 2.45) is 0 Å². The third-order valence-corrected chi connectivity index (χ3v) is 5.02. The van der Waals surface area contributed by atoms with E-state index in [9.17, 15) is 14.0 Å². The van der Waals surface area contributed by atoms with Crippen molar-refractivity contribution in [3.63, 3.8) is 0 Å². The van der Waals surface area contributed by atoms with Crippen molar-refractivity contribution in [3.05, 3.63) is 83.2 Å². The molecule has 0 saturated carbocycles. The number of hydrogen-bond acceptors (Lipinski definition) is 7. The first kappa shape index (κ1) is 21.1. The first-order valence-electron chi connectivity index (χ1n) is 10.1. The Morgan fingerprint density at radius 3 is 2.82 bits per heavy atom. The molecule has 10 nitrogen and oxygen atoms in total. The number of pyridine rings is 1. The number of nitrogens with zero attached hydrogens (tertiary/aromatic N) is 5. The van der Waals surface area contributed by atoms with Gasteiger partial charge in [-0.15, -0.1) is 5.10 Å². The summed E-state index contributed by atoms with van der Waals surface area (Å²) in [6.45, 7) is -0.323. The fraction of sp³-hybridized carbons (Fsp3) is 0.0870. The van der Waals surface area contributed by atoms with Gasteiger partial charge in [0.2, 0.25) is 11.7 Å².